The van der Waals surface area contributed by atoms with Gasteiger partial charge in [0.25, 0.3) is 0 Å². The predicted octanol–water partition coefficient (Wildman–Crippen LogP) is -0.280. The average Bonchev–Trinajstić information content (AvgIpc) is 0. The van der Waals surface area contributed by atoms with Gasteiger partial charge in [-0.25, -0.2) is 0 Å². The van der Waals surface area contributed by atoms with E-state index in [1.54, 1.807) is 0 Å². The van der Waals surface area contributed by atoms with Crippen LogP contribution in [-0.4, -0.2) is 0 Å². The van der Waals surface area contributed by atoms with Crippen LogP contribution >= 0.6 is 0 Å². The van der Waals surface area contributed by atoms with Crippen LogP contribution in [0, 0.1) is 7.43 Å². The van der Waals surface area contributed by atoms with E-state index in [1.807, 2.05) is 0 Å². The normalized spacial score (nSPS) is 0. The minimum Gasteiger partial charge on any atom is -2.00 e. The summed E-state index contributed by atoms with van der Waals surface area (Å²) < 4.78 is 0. The van der Waals surface area contributed by atoms with Gasteiger partial charge in [-0.05, 0) is 0 Å². The summed E-state index contributed by atoms with van der Waals surface area (Å²) in [5.41, 5.74) is 0. The Kier molecular flexibility index (Phi) is 7460. The molecule has 0 saturated carbocycles. The number of hydrogen-bond donors (Lipinski definition) is 0. The molecular weight excluding hydrogens is 164 g/mol. The SMILES string of the molecule is [C].[Cr+3].[Cr+3].[O-2].[O-2].[O-2]. The molecule has 5 heteroatoms. The van der Waals surface area contributed by atoms with Crippen molar-refractivity contribution in [2.45, 2.75) is 0 Å². The minimum atomic E-state index is 0. The van der Waals surface area contributed by atoms with Gasteiger partial charge in [-0.15, -0.1) is 0 Å². The van der Waals surface area contributed by atoms with Gasteiger partial charge < -0.3 is 16.4 Å². The van der Waals surface area contributed by atoms with E-state index in [0.29, 0.717) is 0 Å². The molecule has 0 bridgehead atoms. The Bertz CT molecular complexity index is 8.75. The molecule has 0 aromatic heterocycles. The van der Waals surface area contributed by atoms with Crippen LogP contribution in [-0.2, 0) is 51.2 Å². The minimum absolute atomic E-state index is 0. The van der Waals surface area contributed by atoms with Gasteiger partial charge in [-0.3, -0.25) is 0 Å². The van der Waals surface area contributed by atoms with Gasteiger partial charge in [0, 0.05) is 7.43 Å². The standard InChI is InChI=1S/C.2Cr.3O/q;2*+3;3*-2. The summed E-state index contributed by atoms with van der Waals surface area (Å²) in [6.07, 6.45) is 0. The maximum Gasteiger partial charge on any atom is 3.00 e. The molecule has 0 unspecified atom stereocenters. The molecule has 0 aromatic rings. The van der Waals surface area contributed by atoms with Crippen molar-refractivity contribution in [3.8, 4) is 0 Å². The molecule has 0 spiro atoms. The summed E-state index contributed by atoms with van der Waals surface area (Å²) in [7, 11) is 0. The molecule has 3 nitrogen and oxygen atoms in total. The Hall–Kier alpha value is 0.945. The summed E-state index contributed by atoms with van der Waals surface area (Å²) in [6, 6.07) is 0. The van der Waals surface area contributed by atoms with Crippen molar-refractivity contribution < 1.29 is 51.2 Å². The van der Waals surface area contributed by atoms with Gasteiger partial charge in [0.1, 0.15) is 0 Å². The molecule has 6 radical (unpaired) electrons. The van der Waals surface area contributed by atoms with Crippen molar-refractivity contribution in [1.82, 2.24) is 0 Å². The van der Waals surface area contributed by atoms with Gasteiger partial charge in [-0.2, -0.15) is 0 Å². The number of rotatable bonds is 0. The van der Waals surface area contributed by atoms with E-state index in [4.69, 9.17) is 0 Å². The van der Waals surface area contributed by atoms with Crippen molar-refractivity contribution in [2.24, 2.45) is 0 Å². The molecular formula is CCr2O3. The Morgan fingerprint density at radius 1 is 0.500 bits per heavy atom. The largest absolute Gasteiger partial charge is 3.00 e. The first-order valence-corrected chi connectivity index (χ1v) is 0. The van der Waals surface area contributed by atoms with Crippen molar-refractivity contribution in [2.75, 3.05) is 0 Å². The van der Waals surface area contributed by atoms with Gasteiger partial charge >= 0.3 is 34.7 Å². The van der Waals surface area contributed by atoms with Crippen LogP contribution in [0.1, 0.15) is 0 Å². The molecule has 0 aliphatic heterocycles. The van der Waals surface area contributed by atoms with E-state index in [9.17, 15) is 0 Å². The van der Waals surface area contributed by atoms with E-state index in [2.05, 4.69) is 0 Å². The second kappa shape index (κ2) is 163. The van der Waals surface area contributed by atoms with Crippen molar-refractivity contribution >= 4 is 0 Å². The van der Waals surface area contributed by atoms with Crippen LogP contribution in [0.2, 0.25) is 0 Å². The van der Waals surface area contributed by atoms with Crippen molar-refractivity contribution in [1.29, 1.82) is 0 Å². The molecule has 34 valence electrons. The monoisotopic (exact) mass is 164 g/mol. The Labute approximate surface area is 58.9 Å². The maximum atomic E-state index is 0. The summed E-state index contributed by atoms with van der Waals surface area (Å²) in [6.45, 7) is 0. The third kappa shape index (κ3) is 86.2. The van der Waals surface area contributed by atoms with Crippen molar-refractivity contribution in [3.63, 3.8) is 0 Å². The zero-order valence-electron chi connectivity index (χ0n) is 2.54. The second-order valence-corrected chi connectivity index (χ2v) is 0. The molecule has 0 fully saturated rings. The molecule has 0 rings (SSSR count). The van der Waals surface area contributed by atoms with Crippen molar-refractivity contribution in [3.05, 3.63) is 7.43 Å². The first-order valence-electron chi connectivity index (χ1n) is 0. The summed E-state index contributed by atoms with van der Waals surface area (Å²) >= 11 is 0. The molecule has 0 aliphatic rings. The summed E-state index contributed by atoms with van der Waals surface area (Å²) in [4.78, 5) is 0. The fourth-order valence-corrected chi connectivity index (χ4v) is 0. The maximum absolute atomic E-state index is 0. The van der Waals surface area contributed by atoms with E-state index in [0.717, 1.165) is 0 Å². The molecule has 0 amide bonds. The molecule has 0 saturated heterocycles. The van der Waals surface area contributed by atoms with E-state index < -0.39 is 0 Å². The molecule has 0 aliphatic carbocycles. The second-order valence-electron chi connectivity index (χ2n) is 0. The molecule has 6 heavy (non-hydrogen) atoms. The van der Waals surface area contributed by atoms with E-state index in [1.165, 1.54) is 0 Å². The predicted molar refractivity (Wildman–Crippen MR) is 5.30 cm³/mol. The Balaban J connectivity index is 0. The number of hydrogen-bond acceptors (Lipinski definition) is 0. The zero-order chi connectivity index (χ0) is 0. The third-order valence-electron chi connectivity index (χ3n) is 0. The van der Waals surface area contributed by atoms with Crippen LogP contribution in [0.15, 0.2) is 0 Å². The third-order valence-corrected chi connectivity index (χ3v) is 0. The molecule has 0 atom stereocenters. The van der Waals surface area contributed by atoms with Gasteiger partial charge in [0.15, 0.2) is 0 Å². The quantitative estimate of drug-likeness (QED) is 0.471. The average molecular weight is 164 g/mol. The van der Waals surface area contributed by atoms with Gasteiger partial charge in [-0.1, -0.05) is 0 Å². The summed E-state index contributed by atoms with van der Waals surface area (Å²) in [5.74, 6) is 0. The molecule has 0 N–H and O–H groups in total. The van der Waals surface area contributed by atoms with E-state index >= 15 is 0 Å². The van der Waals surface area contributed by atoms with Gasteiger partial charge in [0.2, 0.25) is 0 Å². The zero-order valence-corrected chi connectivity index (χ0v) is 5.09. The van der Waals surface area contributed by atoms with Crippen LogP contribution in [0.3, 0.4) is 0 Å². The van der Waals surface area contributed by atoms with Gasteiger partial charge in [0.05, 0.1) is 0 Å². The smallest absolute Gasteiger partial charge is 2.00 e. The van der Waals surface area contributed by atoms with Crippen LogP contribution in [0.25, 0.3) is 0 Å². The van der Waals surface area contributed by atoms with Crippen LogP contribution in [0.4, 0.5) is 0 Å². The Morgan fingerprint density at radius 2 is 0.500 bits per heavy atom. The molecule has 0 aromatic carbocycles. The Morgan fingerprint density at radius 3 is 0.500 bits per heavy atom. The fourth-order valence-electron chi connectivity index (χ4n) is 0. The first-order chi connectivity index (χ1) is 0. The van der Waals surface area contributed by atoms with E-state index in [-0.39, 0.29) is 58.6 Å². The fraction of sp³-hybridized carbons (Fsp3) is 0. The molecule has 0 heterocycles. The topological polar surface area (TPSA) is 85.5 Å². The van der Waals surface area contributed by atoms with Crippen LogP contribution < -0.4 is 0 Å². The van der Waals surface area contributed by atoms with Crippen LogP contribution in [0.5, 0.6) is 0 Å². The summed E-state index contributed by atoms with van der Waals surface area (Å²) in [5, 5.41) is 0. The first kappa shape index (κ1) is 275.